The van der Waals surface area contributed by atoms with Crippen molar-refractivity contribution in [2.45, 2.75) is 37.3 Å². The van der Waals surface area contributed by atoms with Crippen molar-refractivity contribution >= 4 is 22.9 Å². The summed E-state index contributed by atoms with van der Waals surface area (Å²) >= 11 is 1.22. The fourth-order valence-electron chi connectivity index (χ4n) is 3.40. The molecule has 0 unspecified atom stereocenters. The van der Waals surface area contributed by atoms with Gasteiger partial charge in [0, 0.05) is 36.6 Å². The van der Waals surface area contributed by atoms with Gasteiger partial charge in [0.05, 0.1) is 4.88 Å². The summed E-state index contributed by atoms with van der Waals surface area (Å²) in [5.41, 5.74) is 8.31. The van der Waals surface area contributed by atoms with Crippen molar-refractivity contribution in [1.82, 2.24) is 14.7 Å². The molecule has 1 amide bonds. The highest BCUT2D eigenvalue weighted by Crippen LogP contribution is 2.34. The van der Waals surface area contributed by atoms with E-state index in [1.807, 2.05) is 34.3 Å². The zero-order valence-electron chi connectivity index (χ0n) is 13.9. The van der Waals surface area contributed by atoms with Crippen LogP contribution in [-0.4, -0.2) is 33.3 Å². The molecular weight excluding hydrogens is 358 g/mol. The number of halogens is 2. The lowest BCUT2D eigenvalue weighted by atomic mass is 9.87. The molecule has 3 aromatic heterocycles. The summed E-state index contributed by atoms with van der Waals surface area (Å²) in [5, 5.41) is 4.28. The number of nitrogens with one attached hydrogen (secondary N) is 1. The van der Waals surface area contributed by atoms with E-state index in [4.69, 9.17) is 5.73 Å². The molecule has 0 saturated heterocycles. The number of nitrogens with two attached hydrogens (primary N) is 1. The Bertz CT molecular complexity index is 951. The van der Waals surface area contributed by atoms with Crippen molar-refractivity contribution in [2.75, 3.05) is 0 Å². The van der Waals surface area contributed by atoms with Crippen molar-refractivity contribution in [3.05, 3.63) is 47.0 Å². The minimum atomic E-state index is -2.98. The molecule has 136 valence electrons. The number of carbonyl (C=O) groups excluding carboxylic acids is 1. The predicted molar refractivity (Wildman–Crippen MR) is 96.5 cm³/mol. The van der Waals surface area contributed by atoms with Crippen molar-refractivity contribution in [3.8, 4) is 11.1 Å². The maximum Gasteiger partial charge on any atom is 0.269 e. The van der Waals surface area contributed by atoms with E-state index in [0.717, 1.165) is 16.8 Å². The van der Waals surface area contributed by atoms with E-state index in [1.54, 1.807) is 12.3 Å². The first kappa shape index (κ1) is 17.1. The Morgan fingerprint density at radius 2 is 2.27 bits per heavy atom. The first-order valence-electron chi connectivity index (χ1n) is 8.40. The minimum absolute atomic E-state index is 0.247. The average Bonchev–Trinajstić information content (AvgIpc) is 3.26. The number of nitrogens with zero attached hydrogens (tertiary/aromatic N) is 2. The molecule has 0 aliphatic heterocycles. The Kier molecular flexibility index (Phi) is 4.24. The van der Waals surface area contributed by atoms with E-state index < -0.39 is 23.9 Å². The number of carbonyl (C=O) groups is 1. The number of amides is 1. The highest BCUT2D eigenvalue weighted by atomic mass is 32.1. The monoisotopic (exact) mass is 376 g/mol. The Labute approximate surface area is 152 Å². The van der Waals surface area contributed by atoms with Crippen LogP contribution < -0.4 is 11.1 Å². The molecule has 26 heavy (non-hydrogen) atoms. The maximum absolute atomic E-state index is 14.1. The highest BCUT2D eigenvalue weighted by Gasteiger charge is 2.46. The van der Waals surface area contributed by atoms with Gasteiger partial charge in [0.1, 0.15) is 11.7 Å². The molecule has 1 aliphatic rings. The summed E-state index contributed by atoms with van der Waals surface area (Å²) in [7, 11) is 0. The quantitative estimate of drug-likeness (QED) is 0.737. The van der Waals surface area contributed by atoms with Crippen molar-refractivity contribution in [2.24, 2.45) is 5.73 Å². The number of hydrogen-bond donors (Lipinski definition) is 2. The van der Waals surface area contributed by atoms with E-state index in [-0.39, 0.29) is 6.42 Å². The third-order valence-corrected chi connectivity index (χ3v) is 5.70. The van der Waals surface area contributed by atoms with Gasteiger partial charge < -0.3 is 15.5 Å². The Balaban J connectivity index is 1.58. The minimum Gasteiger partial charge on any atom is -0.341 e. The molecule has 1 fully saturated rings. The zero-order valence-corrected chi connectivity index (χ0v) is 14.7. The van der Waals surface area contributed by atoms with Gasteiger partial charge in [-0.05, 0) is 42.0 Å². The SMILES string of the molecule is N[C@@H]1CCCC(F)(F)[C@@H]1NC(=O)c1cc(-c2cccn3ccnc23)cs1. The van der Waals surface area contributed by atoms with Gasteiger partial charge in [-0.3, -0.25) is 4.79 Å². The lowest BCUT2D eigenvalue weighted by Crippen LogP contribution is -2.59. The van der Waals surface area contributed by atoms with Gasteiger partial charge in [0.15, 0.2) is 0 Å². The Hall–Kier alpha value is -2.32. The molecule has 1 saturated carbocycles. The fraction of sp³-hybridized carbons (Fsp3) is 0.333. The second-order valence-corrected chi connectivity index (χ2v) is 7.46. The second-order valence-electron chi connectivity index (χ2n) is 6.55. The Morgan fingerprint density at radius 1 is 1.42 bits per heavy atom. The van der Waals surface area contributed by atoms with Gasteiger partial charge >= 0.3 is 0 Å². The van der Waals surface area contributed by atoms with Gasteiger partial charge in [-0.1, -0.05) is 0 Å². The molecule has 3 N–H and O–H groups in total. The maximum atomic E-state index is 14.1. The number of alkyl halides is 2. The van der Waals surface area contributed by atoms with E-state index >= 15 is 0 Å². The van der Waals surface area contributed by atoms with Crippen LogP contribution in [0, 0.1) is 0 Å². The first-order chi connectivity index (χ1) is 12.5. The molecular formula is C18H18F2N4OS. The molecule has 5 nitrogen and oxygen atoms in total. The second kappa shape index (κ2) is 6.44. The summed E-state index contributed by atoms with van der Waals surface area (Å²) in [5.74, 6) is -3.49. The Morgan fingerprint density at radius 3 is 3.08 bits per heavy atom. The normalized spacial score (nSPS) is 22.4. The lowest BCUT2D eigenvalue weighted by Gasteiger charge is -2.36. The van der Waals surface area contributed by atoms with Gasteiger partial charge in [-0.15, -0.1) is 11.3 Å². The van der Waals surface area contributed by atoms with Crippen molar-refractivity contribution in [3.63, 3.8) is 0 Å². The summed E-state index contributed by atoms with van der Waals surface area (Å²) in [6.07, 6.45) is 6.04. The molecule has 4 rings (SSSR count). The topological polar surface area (TPSA) is 72.4 Å². The third kappa shape index (κ3) is 2.99. The van der Waals surface area contributed by atoms with Gasteiger partial charge in [-0.25, -0.2) is 13.8 Å². The largest absolute Gasteiger partial charge is 0.341 e. The van der Waals surface area contributed by atoms with Crippen LogP contribution in [0.15, 0.2) is 42.2 Å². The number of pyridine rings is 1. The standard InChI is InChI=1S/C18H18F2N4OS/c19-18(20)5-1-4-13(21)15(18)23-17(25)14-9-11(10-26-14)12-3-2-7-24-8-6-22-16(12)24/h2-3,6-10,13,15H,1,4-5,21H2,(H,23,25)/t13-,15-/m1/s1. The smallest absolute Gasteiger partial charge is 0.269 e. The van der Waals surface area contributed by atoms with Crippen LogP contribution in [0.2, 0.25) is 0 Å². The van der Waals surface area contributed by atoms with Crippen LogP contribution in [0.1, 0.15) is 28.9 Å². The molecule has 0 aromatic carbocycles. The number of aromatic nitrogens is 2. The van der Waals surface area contributed by atoms with E-state index in [0.29, 0.717) is 17.7 Å². The molecule has 0 spiro atoms. The van der Waals surface area contributed by atoms with Crippen LogP contribution in [0.5, 0.6) is 0 Å². The van der Waals surface area contributed by atoms with E-state index in [9.17, 15) is 13.6 Å². The molecule has 3 heterocycles. The number of hydrogen-bond acceptors (Lipinski definition) is 4. The van der Waals surface area contributed by atoms with E-state index in [1.165, 1.54) is 11.3 Å². The summed E-state index contributed by atoms with van der Waals surface area (Å²) in [4.78, 5) is 17.2. The number of rotatable bonds is 3. The summed E-state index contributed by atoms with van der Waals surface area (Å²) in [6.45, 7) is 0. The van der Waals surface area contributed by atoms with Crippen LogP contribution in [-0.2, 0) is 0 Å². The third-order valence-electron chi connectivity index (χ3n) is 4.77. The van der Waals surface area contributed by atoms with Crippen LogP contribution in [0.3, 0.4) is 0 Å². The summed E-state index contributed by atoms with van der Waals surface area (Å²) in [6, 6.07) is 3.45. The van der Waals surface area contributed by atoms with Gasteiger partial charge in [0.2, 0.25) is 0 Å². The number of fused-ring (bicyclic) bond motifs is 1. The fourth-order valence-corrected chi connectivity index (χ4v) is 4.21. The zero-order chi connectivity index (χ0) is 18.3. The van der Waals surface area contributed by atoms with Crippen molar-refractivity contribution in [1.29, 1.82) is 0 Å². The lowest BCUT2D eigenvalue weighted by molar-refractivity contribution is -0.0674. The number of imidazole rings is 1. The summed E-state index contributed by atoms with van der Waals surface area (Å²) < 4.78 is 30.1. The highest BCUT2D eigenvalue weighted by molar-refractivity contribution is 7.12. The molecule has 2 atom stereocenters. The van der Waals surface area contributed by atoms with Crippen LogP contribution in [0.25, 0.3) is 16.8 Å². The molecule has 8 heteroatoms. The van der Waals surface area contributed by atoms with Gasteiger partial charge in [-0.2, -0.15) is 0 Å². The predicted octanol–water partition coefficient (Wildman–Crippen LogP) is 3.31. The molecule has 1 aliphatic carbocycles. The molecule has 3 aromatic rings. The first-order valence-corrected chi connectivity index (χ1v) is 9.28. The number of thiophene rings is 1. The van der Waals surface area contributed by atoms with Crippen LogP contribution in [0.4, 0.5) is 8.78 Å². The molecule has 0 bridgehead atoms. The molecule has 0 radical (unpaired) electrons. The van der Waals surface area contributed by atoms with E-state index in [2.05, 4.69) is 10.3 Å². The van der Waals surface area contributed by atoms with Crippen LogP contribution >= 0.6 is 11.3 Å². The van der Waals surface area contributed by atoms with Gasteiger partial charge in [0.25, 0.3) is 11.8 Å². The average molecular weight is 376 g/mol. The van der Waals surface area contributed by atoms with Crippen molar-refractivity contribution < 1.29 is 13.6 Å².